The molecule has 4 heteroatoms. The third kappa shape index (κ3) is 11.9. The van der Waals surface area contributed by atoms with E-state index in [9.17, 15) is 0 Å². The van der Waals surface area contributed by atoms with Crippen molar-refractivity contribution in [3.63, 3.8) is 0 Å². The van der Waals surface area contributed by atoms with Crippen LogP contribution in [0, 0.1) is 0 Å². The number of rotatable bonds is 0. The fourth-order valence-corrected chi connectivity index (χ4v) is 0. The molecule has 0 unspecified atom stereocenters. The van der Waals surface area contributed by atoms with Gasteiger partial charge in [-0.05, 0) is 0 Å². The van der Waals surface area contributed by atoms with Crippen molar-refractivity contribution >= 4 is 39.9 Å². The van der Waals surface area contributed by atoms with Crippen LogP contribution in [0.3, 0.4) is 0 Å². The summed E-state index contributed by atoms with van der Waals surface area (Å²) in [6.07, 6.45) is -1.35. The maximum atomic E-state index is 4.96. The first-order chi connectivity index (χ1) is 1.73. The molecule has 0 aromatic carbocycles. The molecule has 0 saturated carbocycles. The van der Waals surface area contributed by atoms with Crippen LogP contribution in [0.4, 0.5) is 0 Å². The molecule has 0 saturated heterocycles. The van der Waals surface area contributed by atoms with Crippen molar-refractivity contribution < 1.29 is 0 Å². The van der Waals surface area contributed by atoms with Gasteiger partial charge in [-0.25, -0.2) is 0 Å². The van der Waals surface area contributed by atoms with Crippen molar-refractivity contribution in [1.82, 2.24) is 0 Å². The van der Waals surface area contributed by atoms with E-state index in [-0.39, 0.29) is 0 Å². The Hall–Kier alpha value is 1.02. The van der Waals surface area contributed by atoms with Crippen LogP contribution in [-0.4, -0.2) is 6.12 Å². The zero-order valence-electron chi connectivity index (χ0n) is 1.66. The van der Waals surface area contributed by atoms with Gasteiger partial charge in [0.2, 0.25) is 0 Å². The molecule has 0 aromatic rings. The Morgan fingerprint density at radius 1 is 1.50 bits per heavy atom. The third-order valence-corrected chi connectivity index (χ3v) is 0. The van der Waals surface area contributed by atoms with Crippen LogP contribution < -0.4 is 0 Å². The van der Waals surface area contributed by atoms with Crippen molar-refractivity contribution in [2.75, 3.05) is 0 Å². The molecule has 0 aliphatic heterocycles. The number of hydrogen-bond donors (Lipinski definition) is 0. The highest BCUT2D eigenvalue weighted by Crippen LogP contribution is 1.82. The summed E-state index contributed by atoms with van der Waals surface area (Å²) in [5.74, 6) is 0. The number of hydrogen-bond acceptors (Lipinski definition) is 1. The van der Waals surface area contributed by atoms with E-state index in [1.54, 1.807) is 0 Å². The van der Waals surface area contributed by atoms with Gasteiger partial charge in [-0.2, -0.15) is 0 Å². The van der Waals surface area contributed by atoms with Crippen LogP contribution in [0.25, 0.3) is 0 Å². The highest BCUT2D eigenvalue weighted by atomic mass is 35.7. The minimum absolute atomic E-state index is 1.35. The van der Waals surface area contributed by atoms with E-state index in [0.29, 0.717) is 0 Å². The predicted octanol–water partition coefficient (Wildman–Crippen LogP) is 1.65. The van der Waals surface area contributed by atoms with E-state index in [2.05, 4.69) is 11.6 Å². The van der Waals surface area contributed by atoms with Crippen molar-refractivity contribution in [3.8, 4) is 0 Å². The fourth-order valence-electron chi connectivity index (χ4n) is 0. The average Bonchev–Trinajstić information content (AvgIpc) is 0.811. The van der Waals surface area contributed by atoms with Crippen molar-refractivity contribution in [3.05, 3.63) is 0 Å². The molecule has 24 valence electrons. The molecule has 0 aromatic heterocycles. The lowest BCUT2D eigenvalue weighted by molar-refractivity contribution is 4.31. The first-order valence-electron chi connectivity index (χ1n) is 0.582. The summed E-state index contributed by atoms with van der Waals surface area (Å²) in [6.45, 7) is 0. The van der Waals surface area contributed by atoms with Crippen LogP contribution in [0.2, 0.25) is 0 Å². The standard InChI is InChI=1S/Cl2SSi/c1-4(2)3. The fraction of sp³-hybridized carbons (Fsp3) is 0. The molecule has 0 fully saturated rings. The Kier molecular flexibility index (Phi) is 2.84. The summed E-state index contributed by atoms with van der Waals surface area (Å²) in [5, 5.41) is 0. The first-order valence-corrected chi connectivity index (χ1v) is 5.24. The molecular formula is Cl2SSi. The molecule has 4 heavy (non-hydrogen) atoms. The van der Waals surface area contributed by atoms with Gasteiger partial charge < -0.3 is 0 Å². The molecule has 0 atom stereocenters. The highest BCUT2D eigenvalue weighted by molar-refractivity contribution is 7.98. The minimum atomic E-state index is -1.35. The van der Waals surface area contributed by atoms with E-state index in [1.165, 1.54) is 0 Å². The van der Waals surface area contributed by atoms with E-state index in [0.717, 1.165) is 0 Å². The van der Waals surface area contributed by atoms with Gasteiger partial charge in [0.05, 0.1) is 0 Å². The second kappa shape index (κ2) is 2.27. The Morgan fingerprint density at radius 2 is 1.50 bits per heavy atom. The molecule has 0 aliphatic carbocycles. The summed E-state index contributed by atoms with van der Waals surface area (Å²) in [5.41, 5.74) is 0. The molecule has 0 radical (unpaired) electrons. The lowest BCUT2D eigenvalue weighted by atomic mass is 27.7. The third-order valence-electron chi connectivity index (χ3n) is 0. The van der Waals surface area contributed by atoms with Gasteiger partial charge in [-0.15, -0.1) is 22.2 Å². The van der Waals surface area contributed by atoms with Crippen LogP contribution >= 0.6 is 33.8 Å². The lowest BCUT2D eigenvalue weighted by Gasteiger charge is -1.49. The van der Waals surface area contributed by atoms with Gasteiger partial charge in [-0.1, -0.05) is 11.6 Å². The summed E-state index contributed by atoms with van der Waals surface area (Å²) in [4.78, 5) is 0. The van der Waals surface area contributed by atoms with E-state index in [4.69, 9.17) is 22.2 Å². The summed E-state index contributed by atoms with van der Waals surface area (Å²) in [6, 6.07) is 0. The van der Waals surface area contributed by atoms with Gasteiger partial charge in [0, 0.05) is 0 Å². The van der Waals surface area contributed by atoms with Crippen LogP contribution in [-0.2, 0) is 0 Å². The van der Waals surface area contributed by atoms with E-state index in [1.807, 2.05) is 0 Å². The smallest absolute Gasteiger partial charge is 0.103 e. The van der Waals surface area contributed by atoms with Gasteiger partial charge in [-0.3, -0.25) is 0 Å². The molecule has 0 aliphatic rings. The molecule has 0 heterocycles. The van der Waals surface area contributed by atoms with Crippen molar-refractivity contribution in [2.45, 2.75) is 0 Å². The Labute approximate surface area is 40.3 Å². The van der Waals surface area contributed by atoms with Crippen LogP contribution in [0.5, 0.6) is 0 Å². The van der Waals surface area contributed by atoms with Gasteiger partial charge in [0.25, 0.3) is 0 Å². The summed E-state index contributed by atoms with van der Waals surface area (Å²) >= 11 is 14.2. The Balaban J connectivity index is 2.80. The zero-order chi connectivity index (χ0) is 3.58. The van der Waals surface area contributed by atoms with Gasteiger partial charge >= 0.3 is 6.12 Å². The zero-order valence-corrected chi connectivity index (χ0v) is 4.99. The Bertz CT molecular complexity index is 29.0. The highest BCUT2D eigenvalue weighted by Gasteiger charge is 1.70. The second-order valence-electron chi connectivity index (χ2n) is 0.226. The lowest BCUT2D eigenvalue weighted by Crippen LogP contribution is -1.52. The summed E-state index contributed by atoms with van der Waals surface area (Å²) < 4.78 is 0. The predicted molar refractivity (Wildman–Crippen MR) is 25.1 cm³/mol. The normalized spacial score (nSPS) is 6.50. The van der Waals surface area contributed by atoms with Crippen LogP contribution in [0.1, 0.15) is 0 Å². The summed E-state index contributed by atoms with van der Waals surface area (Å²) in [7, 11) is 0. The maximum Gasteiger partial charge on any atom is 0.304 e. The number of halogens is 2. The van der Waals surface area contributed by atoms with Crippen molar-refractivity contribution in [2.24, 2.45) is 0 Å². The first kappa shape index (κ1) is 5.02. The average molecular weight is 131 g/mol. The quantitative estimate of drug-likeness (QED) is 0.355. The topological polar surface area (TPSA) is 0 Å². The molecule has 0 nitrogen and oxygen atoms in total. The maximum absolute atomic E-state index is 4.96. The monoisotopic (exact) mass is 130 g/mol. The second-order valence-corrected chi connectivity index (χ2v) is 6.09. The van der Waals surface area contributed by atoms with Crippen molar-refractivity contribution in [1.29, 1.82) is 0 Å². The van der Waals surface area contributed by atoms with Gasteiger partial charge in [0.1, 0.15) is 0 Å². The molecular weight excluding hydrogens is 131 g/mol. The van der Waals surface area contributed by atoms with E-state index >= 15 is 0 Å². The molecule has 0 amide bonds. The largest absolute Gasteiger partial charge is 0.304 e. The Morgan fingerprint density at radius 3 is 1.50 bits per heavy atom. The molecule has 0 spiro atoms. The molecule has 0 N–H and O–H groups in total. The van der Waals surface area contributed by atoms with E-state index < -0.39 is 6.12 Å². The van der Waals surface area contributed by atoms with Gasteiger partial charge in [0.15, 0.2) is 0 Å². The SMILES string of the molecule is S=[Si](Cl)Cl. The molecule has 0 bridgehead atoms. The molecule has 0 rings (SSSR count). The minimum Gasteiger partial charge on any atom is -0.103 e. The van der Waals surface area contributed by atoms with Crippen LogP contribution in [0.15, 0.2) is 0 Å².